The van der Waals surface area contributed by atoms with Gasteiger partial charge in [-0.05, 0) is 18.6 Å². The Morgan fingerprint density at radius 3 is 1.47 bits per heavy atom. The van der Waals surface area contributed by atoms with E-state index in [2.05, 4.69) is 6.92 Å². The molecule has 0 saturated heterocycles. The summed E-state index contributed by atoms with van der Waals surface area (Å²) < 4.78 is 27.4. The van der Waals surface area contributed by atoms with Crippen molar-refractivity contribution in [1.29, 1.82) is 0 Å². The molecule has 8 heteroatoms. The van der Waals surface area contributed by atoms with Gasteiger partial charge in [0.2, 0.25) is 0 Å². The maximum Gasteiger partial charge on any atom is 0.261 e. The Labute approximate surface area is 203 Å². The highest BCUT2D eigenvalue weighted by molar-refractivity contribution is 6.21. The van der Waals surface area contributed by atoms with Crippen LogP contribution in [0, 0.1) is 0 Å². The molecule has 1 aromatic carbocycles. The number of hydrogen-bond acceptors (Lipinski definition) is 7. The molecule has 1 heterocycles. The monoisotopic (exact) mass is 479 g/mol. The highest BCUT2D eigenvalue weighted by Gasteiger charge is 2.34. The van der Waals surface area contributed by atoms with Crippen molar-refractivity contribution < 1.29 is 33.3 Å². The number of fused-ring (bicyclic) bond motifs is 1. The Morgan fingerprint density at radius 2 is 0.971 bits per heavy atom. The lowest BCUT2D eigenvalue weighted by Gasteiger charge is -2.13. The minimum Gasteiger partial charge on any atom is -0.379 e. The summed E-state index contributed by atoms with van der Waals surface area (Å²) in [6, 6.07) is 6.85. The number of ether oxygens (including phenoxy) is 5. The second-order valence-electron chi connectivity index (χ2n) is 8.14. The Bertz CT molecular complexity index is 662. The molecule has 2 rings (SSSR count). The van der Waals surface area contributed by atoms with Crippen molar-refractivity contribution in [3.8, 4) is 0 Å². The van der Waals surface area contributed by atoms with E-state index in [0.29, 0.717) is 64.0 Å². The first-order valence-corrected chi connectivity index (χ1v) is 12.6. The molecule has 1 aliphatic rings. The molecular weight excluding hydrogens is 438 g/mol. The molecule has 0 spiro atoms. The maximum absolute atomic E-state index is 12.2. The van der Waals surface area contributed by atoms with Crippen LogP contribution >= 0.6 is 0 Å². The number of carbonyl (C=O) groups excluding carboxylic acids is 2. The quantitative estimate of drug-likeness (QED) is 0.185. The van der Waals surface area contributed by atoms with E-state index in [0.717, 1.165) is 13.0 Å². The van der Waals surface area contributed by atoms with Crippen molar-refractivity contribution in [1.82, 2.24) is 4.90 Å². The zero-order valence-electron chi connectivity index (χ0n) is 20.6. The van der Waals surface area contributed by atoms with Crippen LogP contribution in [0.4, 0.5) is 0 Å². The summed E-state index contributed by atoms with van der Waals surface area (Å²) in [6.07, 6.45) is 7.63. The molecule has 0 N–H and O–H groups in total. The summed E-state index contributed by atoms with van der Waals surface area (Å²) in [5.74, 6) is -0.524. The molecule has 1 aliphatic heterocycles. The van der Waals surface area contributed by atoms with Crippen LogP contribution in [-0.2, 0) is 23.7 Å². The predicted octanol–water partition coefficient (Wildman–Crippen LogP) is 3.73. The average molecular weight is 480 g/mol. The molecule has 0 aromatic heterocycles. The van der Waals surface area contributed by atoms with Crippen molar-refractivity contribution in [2.75, 3.05) is 72.6 Å². The van der Waals surface area contributed by atoms with Gasteiger partial charge in [-0.1, -0.05) is 51.2 Å². The van der Waals surface area contributed by atoms with Gasteiger partial charge < -0.3 is 23.7 Å². The fraction of sp³-hybridized carbons (Fsp3) is 0.692. The number of rotatable bonds is 22. The average Bonchev–Trinajstić information content (AvgIpc) is 3.10. The van der Waals surface area contributed by atoms with Crippen LogP contribution in [0.5, 0.6) is 0 Å². The number of benzene rings is 1. The van der Waals surface area contributed by atoms with E-state index in [1.807, 2.05) is 0 Å². The van der Waals surface area contributed by atoms with Gasteiger partial charge in [-0.15, -0.1) is 0 Å². The van der Waals surface area contributed by atoms with E-state index in [-0.39, 0.29) is 25.0 Å². The van der Waals surface area contributed by atoms with E-state index in [4.69, 9.17) is 23.7 Å². The van der Waals surface area contributed by atoms with Crippen LogP contribution < -0.4 is 0 Å². The smallest absolute Gasteiger partial charge is 0.261 e. The molecule has 34 heavy (non-hydrogen) atoms. The predicted molar refractivity (Wildman–Crippen MR) is 129 cm³/mol. The lowest BCUT2D eigenvalue weighted by atomic mass is 10.1. The second-order valence-corrected chi connectivity index (χ2v) is 8.14. The van der Waals surface area contributed by atoms with Crippen molar-refractivity contribution in [2.24, 2.45) is 0 Å². The Balaban J connectivity index is 1.29. The summed E-state index contributed by atoms with van der Waals surface area (Å²) in [5, 5.41) is 0. The van der Waals surface area contributed by atoms with Crippen molar-refractivity contribution in [3.05, 3.63) is 35.4 Å². The molecule has 8 nitrogen and oxygen atoms in total. The molecule has 0 aliphatic carbocycles. The lowest BCUT2D eigenvalue weighted by molar-refractivity contribution is -0.0119. The summed E-state index contributed by atoms with van der Waals surface area (Å²) in [5.41, 5.74) is 0.913. The van der Waals surface area contributed by atoms with Gasteiger partial charge in [0.1, 0.15) is 0 Å². The van der Waals surface area contributed by atoms with Crippen LogP contribution in [0.1, 0.15) is 66.2 Å². The van der Waals surface area contributed by atoms with Crippen LogP contribution in [-0.4, -0.2) is 89.3 Å². The maximum atomic E-state index is 12.2. The van der Waals surface area contributed by atoms with Gasteiger partial charge in [0.05, 0.1) is 77.1 Å². The molecule has 0 unspecified atom stereocenters. The zero-order chi connectivity index (χ0) is 24.3. The molecular formula is C26H41NO7. The third-order valence-electron chi connectivity index (χ3n) is 5.47. The van der Waals surface area contributed by atoms with Gasteiger partial charge in [-0.25, -0.2) is 0 Å². The topological polar surface area (TPSA) is 83.5 Å². The second kappa shape index (κ2) is 18.5. The van der Waals surface area contributed by atoms with Crippen molar-refractivity contribution >= 4 is 11.8 Å². The van der Waals surface area contributed by atoms with Gasteiger partial charge in [0.15, 0.2) is 0 Å². The highest BCUT2D eigenvalue weighted by atomic mass is 16.6. The zero-order valence-corrected chi connectivity index (χ0v) is 20.6. The summed E-state index contributed by atoms with van der Waals surface area (Å²) >= 11 is 0. The summed E-state index contributed by atoms with van der Waals surface area (Å²) in [4.78, 5) is 25.7. The van der Waals surface area contributed by atoms with Gasteiger partial charge in [0, 0.05) is 6.61 Å². The lowest BCUT2D eigenvalue weighted by Crippen LogP contribution is -2.33. The van der Waals surface area contributed by atoms with Crippen molar-refractivity contribution in [3.63, 3.8) is 0 Å². The number of carbonyl (C=O) groups is 2. The third kappa shape index (κ3) is 11.1. The molecule has 0 radical (unpaired) electrons. The number of unbranched alkanes of at least 4 members (excludes halogenated alkanes) is 5. The number of amides is 2. The van der Waals surface area contributed by atoms with E-state index >= 15 is 0 Å². The minimum atomic E-state index is -0.262. The summed E-state index contributed by atoms with van der Waals surface area (Å²) in [6.45, 7) is 7.64. The first-order chi connectivity index (χ1) is 16.8. The van der Waals surface area contributed by atoms with Crippen LogP contribution in [0.3, 0.4) is 0 Å². The molecule has 0 bridgehead atoms. The first-order valence-electron chi connectivity index (χ1n) is 12.6. The van der Waals surface area contributed by atoms with Crippen LogP contribution in [0.2, 0.25) is 0 Å². The normalized spacial score (nSPS) is 13.1. The molecule has 192 valence electrons. The van der Waals surface area contributed by atoms with E-state index < -0.39 is 0 Å². The molecule has 2 amide bonds. The van der Waals surface area contributed by atoms with E-state index in [1.54, 1.807) is 24.3 Å². The minimum absolute atomic E-state index is 0.236. The van der Waals surface area contributed by atoms with Crippen molar-refractivity contribution in [2.45, 2.75) is 45.4 Å². The molecule has 1 aromatic rings. The van der Waals surface area contributed by atoms with E-state index in [9.17, 15) is 9.59 Å². The Kier molecular flexibility index (Phi) is 15.4. The fourth-order valence-electron chi connectivity index (χ4n) is 3.56. The Morgan fingerprint density at radius 1 is 0.559 bits per heavy atom. The molecule has 0 atom stereocenters. The van der Waals surface area contributed by atoms with Gasteiger partial charge in [0.25, 0.3) is 11.8 Å². The number of imide groups is 1. The fourth-order valence-corrected chi connectivity index (χ4v) is 3.56. The van der Waals surface area contributed by atoms with Gasteiger partial charge >= 0.3 is 0 Å². The summed E-state index contributed by atoms with van der Waals surface area (Å²) in [7, 11) is 0. The van der Waals surface area contributed by atoms with Gasteiger partial charge in [-0.3, -0.25) is 14.5 Å². The SMILES string of the molecule is CCCCCCCCOCCOCCOCCOCCOCCN1C(=O)c2ccccc2C1=O. The Hall–Kier alpha value is -1.84. The number of nitrogens with zero attached hydrogens (tertiary/aromatic N) is 1. The molecule has 0 fully saturated rings. The number of hydrogen-bond donors (Lipinski definition) is 0. The highest BCUT2D eigenvalue weighted by Crippen LogP contribution is 2.21. The molecule has 0 saturated carbocycles. The van der Waals surface area contributed by atoms with Crippen LogP contribution in [0.15, 0.2) is 24.3 Å². The van der Waals surface area contributed by atoms with E-state index in [1.165, 1.54) is 37.0 Å². The van der Waals surface area contributed by atoms with Gasteiger partial charge in [-0.2, -0.15) is 0 Å². The van der Waals surface area contributed by atoms with Crippen LogP contribution in [0.25, 0.3) is 0 Å². The standard InChI is InChI=1S/C26H41NO7/c1-2-3-4-5-6-9-13-30-15-17-32-19-21-34-22-20-33-18-16-31-14-12-27-25(28)23-10-7-8-11-24(23)26(27)29/h7-8,10-11H,2-6,9,12-22H2,1H3. The first kappa shape index (κ1) is 28.4. The largest absolute Gasteiger partial charge is 0.379 e. The third-order valence-corrected chi connectivity index (χ3v) is 5.47.